The third-order valence-electron chi connectivity index (χ3n) is 0.408. The van der Waals surface area contributed by atoms with Gasteiger partial charge >= 0.3 is 0 Å². The molecule has 0 aromatic carbocycles. The van der Waals surface area contributed by atoms with Crippen molar-refractivity contribution in [1.29, 1.82) is 0 Å². The van der Waals surface area contributed by atoms with Crippen molar-refractivity contribution >= 4 is 19.0 Å². The summed E-state index contributed by atoms with van der Waals surface area (Å²) in [5.41, 5.74) is 0. The molecule has 0 fully saturated rings. The molecule has 4 heteroatoms. The molecule has 0 atom stereocenters. The second-order valence-electron chi connectivity index (χ2n) is 1.34. The summed E-state index contributed by atoms with van der Waals surface area (Å²) >= 11 is 0. The molecule has 0 radical (unpaired) electrons. The van der Waals surface area contributed by atoms with E-state index in [2.05, 4.69) is 0 Å². The van der Waals surface area contributed by atoms with E-state index in [9.17, 15) is 0 Å². The molecule has 0 bridgehead atoms. The SMILES string of the molecule is C[SiH](C)O[SiH2]O. The van der Waals surface area contributed by atoms with Crippen LogP contribution in [-0.2, 0) is 4.12 Å². The van der Waals surface area contributed by atoms with Crippen LogP contribution in [0.5, 0.6) is 0 Å². The summed E-state index contributed by atoms with van der Waals surface area (Å²) in [5.74, 6) is 0. The van der Waals surface area contributed by atoms with Crippen LogP contribution < -0.4 is 0 Å². The van der Waals surface area contributed by atoms with Crippen LogP contribution in [0.1, 0.15) is 0 Å². The van der Waals surface area contributed by atoms with E-state index in [1.54, 1.807) is 0 Å². The van der Waals surface area contributed by atoms with Crippen LogP contribution in [-0.4, -0.2) is 23.8 Å². The maximum Gasteiger partial charge on any atom is 0.291 e. The molecule has 0 amide bonds. The maximum absolute atomic E-state index is 8.19. The Labute approximate surface area is 41.9 Å². The molecule has 0 heterocycles. The van der Waals surface area contributed by atoms with Crippen LogP contribution >= 0.6 is 0 Å². The van der Waals surface area contributed by atoms with Crippen molar-refractivity contribution < 1.29 is 8.91 Å². The van der Waals surface area contributed by atoms with Gasteiger partial charge in [-0.3, -0.25) is 0 Å². The molecule has 0 aromatic heterocycles. The van der Waals surface area contributed by atoms with Gasteiger partial charge in [-0.25, -0.2) is 0 Å². The smallest absolute Gasteiger partial charge is 0.291 e. The summed E-state index contributed by atoms with van der Waals surface area (Å²) in [4.78, 5) is 8.19. The summed E-state index contributed by atoms with van der Waals surface area (Å²) in [6.07, 6.45) is 0. The molecule has 0 rings (SSSR count). The average Bonchev–Trinajstić information content (AvgIpc) is 1.35. The molecule has 0 spiro atoms. The highest BCUT2D eigenvalue weighted by Crippen LogP contribution is 1.75. The van der Waals surface area contributed by atoms with Gasteiger partial charge < -0.3 is 8.91 Å². The molecular weight excluding hydrogens is 112 g/mol. The molecule has 38 valence electrons. The molecule has 0 aliphatic rings. The first kappa shape index (κ1) is 6.35. The number of hydrogen-bond donors (Lipinski definition) is 1. The standard InChI is InChI=1S/C2H10O2Si2/c1-6(2)4-5-3/h3,6H,5H2,1-2H3. The topological polar surface area (TPSA) is 29.5 Å². The molecule has 1 N–H and O–H groups in total. The molecule has 0 aliphatic heterocycles. The first-order chi connectivity index (χ1) is 2.77. The van der Waals surface area contributed by atoms with Gasteiger partial charge in [0.05, 0.1) is 0 Å². The molecule has 0 saturated heterocycles. The third kappa shape index (κ3) is 4.35. The number of hydrogen-bond acceptors (Lipinski definition) is 2. The van der Waals surface area contributed by atoms with E-state index >= 15 is 0 Å². The van der Waals surface area contributed by atoms with Crippen LogP contribution in [0.2, 0.25) is 13.1 Å². The van der Waals surface area contributed by atoms with Gasteiger partial charge in [0.1, 0.15) is 0 Å². The lowest BCUT2D eigenvalue weighted by Gasteiger charge is -1.97. The average molecular weight is 122 g/mol. The Balaban J connectivity index is 2.63. The predicted molar refractivity (Wildman–Crippen MR) is 30.7 cm³/mol. The van der Waals surface area contributed by atoms with Gasteiger partial charge in [0, 0.05) is 0 Å². The second-order valence-corrected chi connectivity index (χ2v) is 5.03. The van der Waals surface area contributed by atoms with Gasteiger partial charge in [-0.1, -0.05) is 0 Å². The van der Waals surface area contributed by atoms with E-state index in [1.165, 1.54) is 0 Å². The van der Waals surface area contributed by atoms with E-state index < -0.39 is 19.0 Å². The van der Waals surface area contributed by atoms with Crippen molar-refractivity contribution in [3.63, 3.8) is 0 Å². The first-order valence-electron chi connectivity index (χ1n) is 2.00. The zero-order chi connectivity index (χ0) is 4.99. The fourth-order valence-corrected chi connectivity index (χ4v) is 1.34. The molecule has 0 aromatic rings. The highest BCUT2D eigenvalue weighted by Gasteiger charge is 1.88. The Bertz CT molecular complexity index is 30.7. The van der Waals surface area contributed by atoms with Crippen molar-refractivity contribution in [3.05, 3.63) is 0 Å². The van der Waals surface area contributed by atoms with Crippen molar-refractivity contribution in [2.45, 2.75) is 13.1 Å². The highest BCUT2D eigenvalue weighted by atomic mass is 28.4. The molecular formula is C2H10O2Si2. The fourth-order valence-electron chi connectivity index (χ4n) is 0.149. The van der Waals surface area contributed by atoms with Crippen LogP contribution in [0.15, 0.2) is 0 Å². The van der Waals surface area contributed by atoms with Gasteiger partial charge in [-0.15, -0.1) is 0 Å². The molecule has 0 unspecified atom stereocenters. The summed E-state index contributed by atoms with van der Waals surface area (Å²) in [5, 5.41) is 0. The van der Waals surface area contributed by atoms with Crippen molar-refractivity contribution in [2.75, 3.05) is 0 Å². The molecule has 0 saturated carbocycles. The van der Waals surface area contributed by atoms with E-state index in [0.29, 0.717) is 0 Å². The van der Waals surface area contributed by atoms with E-state index in [-0.39, 0.29) is 0 Å². The minimum Gasteiger partial charge on any atom is -0.443 e. The van der Waals surface area contributed by atoms with Crippen LogP contribution in [0.3, 0.4) is 0 Å². The monoisotopic (exact) mass is 122 g/mol. The molecule has 0 aliphatic carbocycles. The van der Waals surface area contributed by atoms with Crippen molar-refractivity contribution in [3.8, 4) is 0 Å². The Hall–Kier alpha value is 0.354. The number of rotatable bonds is 2. The third-order valence-corrected chi connectivity index (χ3v) is 3.67. The Morgan fingerprint density at radius 2 is 2.17 bits per heavy atom. The minimum atomic E-state index is -1.07. The van der Waals surface area contributed by atoms with Crippen LogP contribution in [0, 0.1) is 0 Å². The van der Waals surface area contributed by atoms with Crippen LogP contribution in [0.4, 0.5) is 0 Å². The zero-order valence-corrected chi connectivity index (χ0v) is 6.71. The summed E-state index contributed by atoms with van der Waals surface area (Å²) < 4.78 is 4.88. The first-order valence-corrected chi connectivity index (χ1v) is 5.99. The predicted octanol–water partition coefficient (Wildman–Crippen LogP) is -1.02. The van der Waals surface area contributed by atoms with Gasteiger partial charge in [0.15, 0.2) is 9.04 Å². The Morgan fingerprint density at radius 3 is 2.17 bits per heavy atom. The largest absolute Gasteiger partial charge is 0.443 e. The summed E-state index contributed by atoms with van der Waals surface area (Å²) in [6.45, 7) is 4.09. The Morgan fingerprint density at radius 1 is 1.67 bits per heavy atom. The second kappa shape index (κ2) is 3.54. The van der Waals surface area contributed by atoms with E-state index in [1.807, 2.05) is 13.1 Å². The lowest BCUT2D eigenvalue weighted by Crippen LogP contribution is -2.10. The quantitative estimate of drug-likeness (QED) is 0.475. The minimum absolute atomic E-state index is 0.859. The van der Waals surface area contributed by atoms with Crippen molar-refractivity contribution in [1.82, 2.24) is 0 Å². The van der Waals surface area contributed by atoms with E-state index in [4.69, 9.17) is 8.91 Å². The van der Waals surface area contributed by atoms with Gasteiger partial charge in [0.2, 0.25) is 0 Å². The zero-order valence-electron chi connectivity index (χ0n) is 4.14. The lowest BCUT2D eigenvalue weighted by atomic mass is 11.9. The summed E-state index contributed by atoms with van der Waals surface area (Å²) in [6, 6.07) is 0. The highest BCUT2D eigenvalue weighted by molar-refractivity contribution is 6.54. The fraction of sp³-hybridized carbons (Fsp3) is 1.00. The van der Waals surface area contributed by atoms with E-state index in [0.717, 1.165) is 0 Å². The van der Waals surface area contributed by atoms with Gasteiger partial charge in [-0.2, -0.15) is 0 Å². The molecule has 2 nitrogen and oxygen atoms in total. The molecule has 6 heavy (non-hydrogen) atoms. The van der Waals surface area contributed by atoms with Gasteiger partial charge in [-0.05, 0) is 13.1 Å². The maximum atomic E-state index is 8.19. The normalized spacial score (nSPS) is 12.0. The summed E-state index contributed by atoms with van der Waals surface area (Å²) in [7, 11) is -1.93. The van der Waals surface area contributed by atoms with Crippen LogP contribution in [0.25, 0.3) is 0 Å². The lowest BCUT2D eigenvalue weighted by molar-refractivity contribution is 0.463. The van der Waals surface area contributed by atoms with Gasteiger partial charge in [0.25, 0.3) is 10.0 Å². The Kier molecular flexibility index (Phi) is 3.75. The van der Waals surface area contributed by atoms with Crippen molar-refractivity contribution in [2.24, 2.45) is 0 Å².